The summed E-state index contributed by atoms with van der Waals surface area (Å²) in [5.74, 6) is 1.11. The highest BCUT2D eigenvalue weighted by Crippen LogP contribution is 2.39. The van der Waals surface area contributed by atoms with Gasteiger partial charge in [-0.05, 0) is 72.4 Å². The molecule has 3 heterocycles. The maximum atomic E-state index is 14.2. The van der Waals surface area contributed by atoms with Crippen LogP contribution in [0.5, 0.6) is 5.75 Å². The number of hydrogen-bond donors (Lipinski definition) is 0. The quantitative estimate of drug-likeness (QED) is 0.444. The van der Waals surface area contributed by atoms with E-state index in [-0.39, 0.29) is 24.2 Å². The molecular formula is C30H33FN2O4. The second kappa shape index (κ2) is 10.0. The Hall–Kier alpha value is -3.61. The van der Waals surface area contributed by atoms with Crippen LogP contribution in [0.1, 0.15) is 72.7 Å². The fourth-order valence-electron chi connectivity index (χ4n) is 5.17. The van der Waals surface area contributed by atoms with Crippen LogP contribution in [0, 0.1) is 11.2 Å². The molecule has 0 radical (unpaired) electrons. The summed E-state index contributed by atoms with van der Waals surface area (Å²) in [6, 6.07) is 15.4. The summed E-state index contributed by atoms with van der Waals surface area (Å²) in [7, 11) is 0. The summed E-state index contributed by atoms with van der Waals surface area (Å²) >= 11 is 0. The molecule has 0 spiro atoms. The number of halogens is 1. The molecule has 0 N–H and O–H groups in total. The number of benzene rings is 2. The third kappa shape index (κ3) is 5.26. The van der Waals surface area contributed by atoms with Crippen LogP contribution in [0.4, 0.5) is 4.39 Å². The number of furan rings is 1. The van der Waals surface area contributed by atoms with Gasteiger partial charge in [-0.2, -0.15) is 0 Å². The molecule has 1 aromatic heterocycles. The van der Waals surface area contributed by atoms with Crippen LogP contribution in [0.15, 0.2) is 59.0 Å². The van der Waals surface area contributed by atoms with Gasteiger partial charge in [-0.1, -0.05) is 39.0 Å². The van der Waals surface area contributed by atoms with Gasteiger partial charge in [0.25, 0.3) is 5.91 Å². The lowest BCUT2D eigenvalue weighted by atomic mass is 9.85. The Bertz CT molecular complexity index is 1300. The fourth-order valence-corrected chi connectivity index (χ4v) is 5.17. The van der Waals surface area contributed by atoms with E-state index < -0.39 is 11.5 Å². The van der Waals surface area contributed by atoms with Gasteiger partial charge in [0.2, 0.25) is 5.91 Å². The number of hydrogen-bond acceptors (Lipinski definition) is 4. The van der Waals surface area contributed by atoms with Crippen LogP contribution in [0.3, 0.4) is 0 Å². The summed E-state index contributed by atoms with van der Waals surface area (Å²) in [6.07, 6.45) is 2.76. The molecule has 6 nitrogen and oxygen atoms in total. The van der Waals surface area contributed by atoms with E-state index in [0.717, 1.165) is 42.6 Å². The zero-order chi connectivity index (χ0) is 26.2. The Morgan fingerprint density at radius 3 is 2.54 bits per heavy atom. The number of carbonyl (C=O) groups excluding carboxylic acids is 2. The van der Waals surface area contributed by atoms with Crippen molar-refractivity contribution < 1.29 is 23.1 Å². The van der Waals surface area contributed by atoms with Gasteiger partial charge in [-0.3, -0.25) is 9.59 Å². The standard InChI is InChI=1S/C30H33FN2O4/c1-30(2,3)29(35)33-16-13-20-9-10-23(18-25(20)27(33)21-7-6-8-22(31)17-21)36-19-24-11-12-26(37-24)28(34)32-14-4-5-15-32/h6-12,17-18,27H,4-5,13-16,19H2,1-3H3. The van der Waals surface area contributed by atoms with Gasteiger partial charge in [-0.25, -0.2) is 4.39 Å². The van der Waals surface area contributed by atoms with Crippen molar-refractivity contribution in [3.63, 3.8) is 0 Å². The van der Waals surface area contributed by atoms with Gasteiger partial charge in [0.15, 0.2) is 5.76 Å². The highest BCUT2D eigenvalue weighted by atomic mass is 19.1. The second-order valence-corrected chi connectivity index (χ2v) is 10.9. The zero-order valence-electron chi connectivity index (χ0n) is 21.6. The van der Waals surface area contributed by atoms with E-state index in [2.05, 4.69) is 0 Å². The number of fused-ring (bicyclic) bond motifs is 1. The maximum Gasteiger partial charge on any atom is 0.289 e. The molecule has 3 aromatic rings. The minimum Gasteiger partial charge on any atom is -0.486 e. The predicted molar refractivity (Wildman–Crippen MR) is 138 cm³/mol. The molecular weight excluding hydrogens is 471 g/mol. The molecule has 2 amide bonds. The third-order valence-electron chi connectivity index (χ3n) is 7.06. The number of carbonyl (C=O) groups is 2. The summed E-state index contributed by atoms with van der Waals surface area (Å²) in [6.45, 7) is 7.97. The molecule has 5 rings (SSSR count). The first-order chi connectivity index (χ1) is 17.7. The molecule has 2 aromatic carbocycles. The van der Waals surface area contributed by atoms with Crippen LogP contribution in [0.2, 0.25) is 0 Å². The average Bonchev–Trinajstić information content (AvgIpc) is 3.58. The Morgan fingerprint density at radius 2 is 1.81 bits per heavy atom. The molecule has 2 aliphatic heterocycles. The van der Waals surface area contributed by atoms with E-state index in [0.29, 0.717) is 30.2 Å². The Kier molecular flexibility index (Phi) is 6.80. The van der Waals surface area contributed by atoms with E-state index in [4.69, 9.17) is 9.15 Å². The lowest BCUT2D eigenvalue weighted by molar-refractivity contribution is -0.141. The molecule has 1 saturated heterocycles. The van der Waals surface area contributed by atoms with E-state index in [1.807, 2.05) is 54.8 Å². The summed E-state index contributed by atoms with van der Waals surface area (Å²) in [4.78, 5) is 29.6. The average molecular weight is 505 g/mol. The first kappa shape index (κ1) is 25.1. The smallest absolute Gasteiger partial charge is 0.289 e. The van der Waals surface area contributed by atoms with Crippen LogP contribution < -0.4 is 4.74 Å². The molecule has 1 fully saturated rings. The molecule has 1 unspecified atom stereocenters. The van der Waals surface area contributed by atoms with Gasteiger partial charge >= 0.3 is 0 Å². The van der Waals surface area contributed by atoms with E-state index >= 15 is 0 Å². The Balaban J connectivity index is 1.39. The predicted octanol–water partition coefficient (Wildman–Crippen LogP) is 5.75. The highest BCUT2D eigenvalue weighted by Gasteiger charge is 2.37. The highest BCUT2D eigenvalue weighted by molar-refractivity contribution is 5.91. The minimum atomic E-state index is -0.569. The summed E-state index contributed by atoms with van der Waals surface area (Å²) in [5, 5.41) is 0. The second-order valence-electron chi connectivity index (χ2n) is 10.9. The van der Waals surface area contributed by atoms with E-state index in [1.54, 1.807) is 18.2 Å². The fraction of sp³-hybridized carbons (Fsp3) is 0.400. The van der Waals surface area contributed by atoms with Gasteiger partial charge < -0.3 is 19.0 Å². The lowest BCUT2D eigenvalue weighted by Crippen LogP contribution is -2.45. The van der Waals surface area contributed by atoms with Crippen molar-refractivity contribution in [3.8, 4) is 5.75 Å². The van der Waals surface area contributed by atoms with Crippen LogP contribution in [0.25, 0.3) is 0 Å². The van der Waals surface area contributed by atoms with Crippen molar-refractivity contribution in [2.24, 2.45) is 5.41 Å². The first-order valence-electron chi connectivity index (χ1n) is 12.9. The van der Waals surface area contributed by atoms with Crippen molar-refractivity contribution in [2.75, 3.05) is 19.6 Å². The minimum absolute atomic E-state index is 0.0181. The number of rotatable bonds is 5. The largest absolute Gasteiger partial charge is 0.486 e. The lowest BCUT2D eigenvalue weighted by Gasteiger charge is -2.41. The number of ether oxygens (including phenoxy) is 1. The molecule has 0 saturated carbocycles. The third-order valence-corrected chi connectivity index (χ3v) is 7.06. The molecule has 0 aliphatic carbocycles. The molecule has 194 valence electrons. The zero-order valence-corrected chi connectivity index (χ0v) is 21.6. The van der Waals surface area contributed by atoms with Gasteiger partial charge in [0.1, 0.15) is 23.9 Å². The van der Waals surface area contributed by atoms with Crippen molar-refractivity contribution >= 4 is 11.8 Å². The van der Waals surface area contributed by atoms with E-state index in [9.17, 15) is 14.0 Å². The molecule has 7 heteroatoms. The summed E-state index contributed by atoms with van der Waals surface area (Å²) < 4.78 is 26.1. The molecule has 1 atom stereocenters. The summed E-state index contributed by atoms with van der Waals surface area (Å²) in [5.41, 5.74) is 2.19. The topological polar surface area (TPSA) is 63.0 Å². The Morgan fingerprint density at radius 1 is 1.03 bits per heavy atom. The number of amides is 2. The molecule has 2 aliphatic rings. The van der Waals surface area contributed by atoms with Gasteiger partial charge in [0.05, 0.1) is 6.04 Å². The van der Waals surface area contributed by atoms with E-state index in [1.165, 1.54) is 12.1 Å². The van der Waals surface area contributed by atoms with Crippen molar-refractivity contribution in [1.82, 2.24) is 9.80 Å². The normalized spacial score (nSPS) is 17.6. The SMILES string of the molecule is CC(C)(C)C(=O)N1CCc2ccc(OCc3ccc(C(=O)N4CCCC4)o3)cc2C1c1cccc(F)c1. The van der Waals surface area contributed by atoms with Crippen LogP contribution in [-0.4, -0.2) is 41.2 Å². The Labute approximate surface area is 217 Å². The van der Waals surface area contributed by atoms with Crippen LogP contribution >= 0.6 is 0 Å². The number of nitrogens with zero attached hydrogens (tertiary/aromatic N) is 2. The van der Waals surface area contributed by atoms with Gasteiger partial charge in [-0.15, -0.1) is 0 Å². The van der Waals surface area contributed by atoms with Crippen molar-refractivity contribution in [1.29, 1.82) is 0 Å². The molecule has 37 heavy (non-hydrogen) atoms. The maximum absolute atomic E-state index is 14.2. The monoisotopic (exact) mass is 504 g/mol. The number of likely N-dealkylation sites (tertiary alicyclic amines) is 1. The first-order valence-corrected chi connectivity index (χ1v) is 12.9. The van der Waals surface area contributed by atoms with Crippen LogP contribution in [-0.2, 0) is 17.8 Å². The molecule has 0 bridgehead atoms. The van der Waals surface area contributed by atoms with Gasteiger partial charge in [0, 0.05) is 25.0 Å². The van der Waals surface area contributed by atoms with Crippen molar-refractivity contribution in [2.45, 2.75) is 52.7 Å². The van der Waals surface area contributed by atoms with Crippen molar-refractivity contribution in [3.05, 3.63) is 88.6 Å².